The highest BCUT2D eigenvalue weighted by molar-refractivity contribution is 5.95. The van der Waals surface area contributed by atoms with Crippen LogP contribution in [0.1, 0.15) is 10.4 Å². The predicted octanol–water partition coefficient (Wildman–Crippen LogP) is -0.119. The second-order valence-electron chi connectivity index (χ2n) is 4.45. The molecule has 1 aromatic rings. The SMILES string of the molecule is COc1cc(OC)cc(C(=O)N2CC(O)C(O)C2)c1. The molecule has 1 fully saturated rings. The highest BCUT2D eigenvalue weighted by Crippen LogP contribution is 2.24. The summed E-state index contributed by atoms with van der Waals surface area (Å²) < 4.78 is 10.2. The summed E-state index contributed by atoms with van der Waals surface area (Å²) in [6.07, 6.45) is -1.78. The summed E-state index contributed by atoms with van der Waals surface area (Å²) >= 11 is 0. The zero-order valence-electron chi connectivity index (χ0n) is 10.9. The topological polar surface area (TPSA) is 79.2 Å². The number of β-amino-alcohol motifs (C(OH)–C–C–N with tert-alkyl or cyclic N) is 2. The Kier molecular flexibility index (Phi) is 3.92. The van der Waals surface area contributed by atoms with Gasteiger partial charge in [0.2, 0.25) is 0 Å². The maximum Gasteiger partial charge on any atom is 0.254 e. The zero-order valence-corrected chi connectivity index (χ0v) is 10.9. The number of carbonyl (C=O) groups excluding carboxylic acids is 1. The number of benzene rings is 1. The average molecular weight is 267 g/mol. The molecule has 0 aromatic heterocycles. The van der Waals surface area contributed by atoms with Crippen LogP contribution < -0.4 is 9.47 Å². The Morgan fingerprint density at radius 2 is 1.58 bits per heavy atom. The first-order chi connectivity index (χ1) is 9.05. The monoisotopic (exact) mass is 267 g/mol. The summed E-state index contributed by atoms with van der Waals surface area (Å²) in [5, 5.41) is 18.9. The Morgan fingerprint density at radius 1 is 1.11 bits per heavy atom. The van der Waals surface area contributed by atoms with E-state index in [0.29, 0.717) is 17.1 Å². The Balaban J connectivity index is 2.23. The molecule has 104 valence electrons. The third-order valence-corrected chi connectivity index (χ3v) is 3.14. The molecule has 1 aliphatic rings. The largest absolute Gasteiger partial charge is 0.497 e. The molecule has 0 aliphatic carbocycles. The van der Waals surface area contributed by atoms with Gasteiger partial charge in [0.1, 0.15) is 11.5 Å². The summed E-state index contributed by atoms with van der Waals surface area (Å²) in [6, 6.07) is 4.87. The molecule has 6 heteroatoms. The highest BCUT2D eigenvalue weighted by atomic mass is 16.5. The van der Waals surface area contributed by atoms with E-state index in [4.69, 9.17) is 9.47 Å². The van der Waals surface area contributed by atoms with Crippen LogP contribution >= 0.6 is 0 Å². The first-order valence-corrected chi connectivity index (χ1v) is 5.93. The van der Waals surface area contributed by atoms with Gasteiger partial charge >= 0.3 is 0 Å². The van der Waals surface area contributed by atoms with Crippen LogP contribution in [0.5, 0.6) is 11.5 Å². The van der Waals surface area contributed by atoms with Crippen molar-refractivity contribution in [2.75, 3.05) is 27.3 Å². The van der Waals surface area contributed by atoms with E-state index >= 15 is 0 Å². The number of rotatable bonds is 3. The average Bonchev–Trinajstić information content (AvgIpc) is 2.77. The molecular weight excluding hydrogens is 250 g/mol. The van der Waals surface area contributed by atoms with Gasteiger partial charge in [-0.1, -0.05) is 0 Å². The maximum absolute atomic E-state index is 12.3. The van der Waals surface area contributed by atoms with Crippen LogP contribution in [0, 0.1) is 0 Å². The van der Waals surface area contributed by atoms with Gasteiger partial charge in [-0.2, -0.15) is 0 Å². The van der Waals surface area contributed by atoms with E-state index in [-0.39, 0.29) is 19.0 Å². The lowest BCUT2D eigenvalue weighted by Crippen LogP contribution is -2.29. The minimum atomic E-state index is -0.892. The van der Waals surface area contributed by atoms with E-state index in [0.717, 1.165) is 0 Å². The third-order valence-electron chi connectivity index (χ3n) is 3.14. The van der Waals surface area contributed by atoms with Crippen molar-refractivity contribution in [2.45, 2.75) is 12.2 Å². The third kappa shape index (κ3) is 2.80. The molecule has 0 radical (unpaired) electrons. The fourth-order valence-corrected chi connectivity index (χ4v) is 2.05. The van der Waals surface area contributed by atoms with Crippen LogP contribution in [0.2, 0.25) is 0 Å². The number of nitrogens with zero attached hydrogens (tertiary/aromatic N) is 1. The number of aliphatic hydroxyl groups excluding tert-OH is 2. The van der Waals surface area contributed by atoms with Gasteiger partial charge < -0.3 is 24.6 Å². The van der Waals surface area contributed by atoms with Crippen molar-refractivity contribution in [3.05, 3.63) is 23.8 Å². The van der Waals surface area contributed by atoms with Gasteiger partial charge in [0.05, 0.1) is 26.4 Å². The molecule has 1 aliphatic heterocycles. The first-order valence-electron chi connectivity index (χ1n) is 5.93. The molecule has 0 spiro atoms. The van der Waals surface area contributed by atoms with Gasteiger partial charge in [0, 0.05) is 24.7 Å². The molecule has 2 rings (SSSR count). The van der Waals surface area contributed by atoms with E-state index in [1.165, 1.54) is 19.1 Å². The lowest BCUT2D eigenvalue weighted by molar-refractivity contribution is 0.0572. The van der Waals surface area contributed by atoms with Gasteiger partial charge in [-0.05, 0) is 12.1 Å². The molecular formula is C13H17NO5. The molecule has 2 unspecified atom stereocenters. The van der Waals surface area contributed by atoms with Gasteiger partial charge in [0.25, 0.3) is 5.91 Å². The number of methoxy groups -OCH3 is 2. The lowest BCUT2D eigenvalue weighted by atomic mass is 10.1. The second kappa shape index (κ2) is 5.46. The molecule has 2 atom stereocenters. The maximum atomic E-state index is 12.3. The summed E-state index contributed by atoms with van der Waals surface area (Å²) in [5.41, 5.74) is 0.400. The van der Waals surface area contributed by atoms with E-state index < -0.39 is 12.2 Å². The number of likely N-dealkylation sites (tertiary alicyclic amines) is 1. The number of aliphatic hydroxyl groups is 2. The smallest absolute Gasteiger partial charge is 0.254 e. The van der Waals surface area contributed by atoms with Crippen LogP contribution in [0.25, 0.3) is 0 Å². The fraction of sp³-hybridized carbons (Fsp3) is 0.462. The summed E-state index contributed by atoms with van der Waals surface area (Å²) in [6.45, 7) is 0.249. The summed E-state index contributed by atoms with van der Waals surface area (Å²) in [5.74, 6) is 0.763. The van der Waals surface area contributed by atoms with Gasteiger partial charge in [-0.3, -0.25) is 4.79 Å². The van der Waals surface area contributed by atoms with Crippen LogP contribution in [0.3, 0.4) is 0 Å². The quantitative estimate of drug-likeness (QED) is 0.798. The summed E-state index contributed by atoms with van der Waals surface area (Å²) in [4.78, 5) is 13.7. The molecule has 19 heavy (non-hydrogen) atoms. The number of hydrogen-bond acceptors (Lipinski definition) is 5. The van der Waals surface area contributed by atoms with Crippen molar-refractivity contribution in [1.82, 2.24) is 4.90 Å². The first kappa shape index (κ1) is 13.6. The van der Waals surface area contributed by atoms with Gasteiger partial charge in [-0.25, -0.2) is 0 Å². The second-order valence-corrected chi connectivity index (χ2v) is 4.45. The molecule has 1 heterocycles. The molecule has 1 amide bonds. The standard InChI is InChI=1S/C13H17NO5/c1-18-9-3-8(4-10(5-9)19-2)13(17)14-6-11(15)12(16)7-14/h3-5,11-12,15-16H,6-7H2,1-2H3. The normalized spacial score (nSPS) is 22.4. The van der Waals surface area contributed by atoms with Crippen LogP contribution in [-0.2, 0) is 0 Å². The van der Waals surface area contributed by atoms with E-state index in [9.17, 15) is 15.0 Å². The number of carbonyl (C=O) groups is 1. The van der Waals surface area contributed by atoms with Crippen molar-refractivity contribution in [1.29, 1.82) is 0 Å². The minimum absolute atomic E-state index is 0.125. The summed E-state index contributed by atoms with van der Waals surface area (Å²) in [7, 11) is 3.01. The fourth-order valence-electron chi connectivity index (χ4n) is 2.05. The highest BCUT2D eigenvalue weighted by Gasteiger charge is 2.33. The molecule has 0 bridgehead atoms. The Bertz CT molecular complexity index is 444. The Hall–Kier alpha value is -1.79. The van der Waals surface area contributed by atoms with Crippen LogP contribution in [0.4, 0.5) is 0 Å². The molecule has 2 N–H and O–H groups in total. The van der Waals surface area contributed by atoms with E-state index in [1.807, 2.05) is 0 Å². The van der Waals surface area contributed by atoms with Gasteiger partial charge in [-0.15, -0.1) is 0 Å². The number of ether oxygens (including phenoxy) is 2. The van der Waals surface area contributed by atoms with Crippen LogP contribution in [0.15, 0.2) is 18.2 Å². The molecule has 0 saturated carbocycles. The van der Waals surface area contributed by atoms with Crippen molar-refractivity contribution >= 4 is 5.91 Å². The minimum Gasteiger partial charge on any atom is -0.497 e. The molecule has 1 aromatic carbocycles. The van der Waals surface area contributed by atoms with Crippen molar-refractivity contribution < 1.29 is 24.5 Å². The van der Waals surface area contributed by atoms with Gasteiger partial charge in [0.15, 0.2) is 0 Å². The molecule has 1 saturated heterocycles. The van der Waals surface area contributed by atoms with E-state index in [2.05, 4.69) is 0 Å². The Morgan fingerprint density at radius 3 is 2.00 bits per heavy atom. The Labute approximate surface area is 111 Å². The predicted molar refractivity (Wildman–Crippen MR) is 67.5 cm³/mol. The van der Waals surface area contributed by atoms with Crippen molar-refractivity contribution in [2.24, 2.45) is 0 Å². The number of hydrogen-bond donors (Lipinski definition) is 2. The van der Waals surface area contributed by atoms with Crippen molar-refractivity contribution in [3.8, 4) is 11.5 Å². The number of amides is 1. The van der Waals surface area contributed by atoms with E-state index in [1.54, 1.807) is 18.2 Å². The zero-order chi connectivity index (χ0) is 14.0. The lowest BCUT2D eigenvalue weighted by Gasteiger charge is -2.16. The van der Waals surface area contributed by atoms with Crippen LogP contribution in [-0.4, -0.2) is 60.5 Å². The van der Waals surface area contributed by atoms with Crippen molar-refractivity contribution in [3.63, 3.8) is 0 Å². The molecule has 6 nitrogen and oxygen atoms in total.